The van der Waals surface area contributed by atoms with Crippen LogP contribution in [0.4, 0.5) is 0 Å². The van der Waals surface area contributed by atoms with Crippen molar-refractivity contribution in [1.82, 2.24) is 14.3 Å². The molecule has 2 aromatic rings. The van der Waals surface area contributed by atoms with Crippen molar-refractivity contribution in [2.75, 3.05) is 0 Å². The third-order valence-corrected chi connectivity index (χ3v) is 12.2. The molecule has 2 aliphatic carbocycles. The number of sulfone groups is 1. The van der Waals surface area contributed by atoms with E-state index in [0.717, 1.165) is 38.5 Å². The molecule has 0 radical (unpaired) electrons. The number of benzene rings is 1. The van der Waals surface area contributed by atoms with Crippen LogP contribution in [0.1, 0.15) is 56.9 Å². The second-order valence-electron chi connectivity index (χ2n) is 10.1. The number of ether oxygens (including phenoxy) is 2. The highest BCUT2D eigenvalue weighted by atomic mass is 32.2. The lowest BCUT2D eigenvalue weighted by molar-refractivity contribution is 0.0906. The highest BCUT2D eigenvalue weighted by Gasteiger charge is 2.52. The Morgan fingerprint density at radius 1 is 0.829 bits per heavy atom. The van der Waals surface area contributed by atoms with E-state index in [1.54, 1.807) is 28.6 Å². The Bertz CT molecular complexity index is 1320. The quantitative estimate of drug-likeness (QED) is 0.521. The summed E-state index contributed by atoms with van der Waals surface area (Å²) in [7, 11) is -6.44. The Morgan fingerprint density at radius 2 is 1.43 bits per heavy atom. The molecule has 1 aromatic carbocycles. The smallest absolute Gasteiger partial charge is 0.229 e. The fraction of sp³-hybridized carbons (Fsp3) is 0.583. The molecule has 3 heterocycles. The Morgan fingerprint density at radius 3 is 2.03 bits per heavy atom. The van der Waals surface area contributed by atoms with Crippen LogP contribution in [0.15, 0.2) is 35.5 Å². The molecular weight excluding hydrogens is 490 g/mol. The first-order chi connectivity index (χ1) is 16.7. The fourth-order valence-electron chi connectivity index (χ4n) is 5.31. The van der Waals surface area contributed by atoms with Gasteiger partial charge in [-0.05, 0) is 69.7 Å². The van der Waals surface area contributed by atoms with Crippen molar-refractivity contribution < 1.29 is 26.3 Å². The Kier molecular flexibility index (Phi) is 5.57. The van der Waals surface area contributed by atoms with Gasteiger partial charge in [-0.1, -0.05) is 0 Å². The van der Waals surface area contributed by atoms with Crippen molar-refractivity contribution in [2.45, 2.75) is 91.9 Å². The molecule has 0 N–H and O–H groups in total. The van der Waals surface area contributed by atoms with Gasteiger partial charge in [0.1, 0.15) is 18.2 Å². The van der Waals surface area contributed by atoms with E-state index in [0.29, 0.717) is 40.8 Å². The second-order valence-corrected chi connectivity index (χ2v) is 14.4. The Balaban J connectivity index is 1.14. The first-order valence-corrected chi connectivity index (χ1v) is 15.3. The van der Waals surface area contributed by atoms with Crippen LogP contribution in [-0.4, -0.2) is 59.8 Å². The zero-order valence-corrected chi connectivity index (χ0v) is 21.2. The molecule has 6 rings (SSSR count). The summed E-state index contributed by atoms with van der Waals surface area (Å²) in [6.45, 7) is 1.82. The number of aromatic nitrogens is 2. The maximum Gasteiger partial charge on any atom is 0.229 e. The zero-order chi connectivity index (χ0) is 24.4. The minimum atomic E-state index is -3.25. The van der Waals surface area contributed by atoms with E-state index in [2.05, 4.69) is 9.97 Å². The highest BCUT2D eigenvalue weighted by Crippen LogP contribution is 2.44. The molecule has 2 unspecified atom stereocenters. The first kappa shape index (κ1) is 23.2. The molecule has 4 fully saturated rings. The van der Waals surface area contributed by atoms with Crippen LogP contribution in [0.25, 0.3) is 0 Å². The van der Waals surface area contributed by atoms with Crippen molar-refractivity contribution in [2.24, 2.45) is 0 Å². The molecule has 9 nitrogen and oxygen atoms in total. The Hall–Kier alpha value is -2.24. The van der Waals surface area contributed by atoms with Gasteiger partial charge in [0.25, 0.3) is 0 Å². The third-order valence-electron chi connectivity index (χ3n) is 7.46. The molecule has 2 bridgehead atoms. The summed E-state index contributed by atoms with van der Waals surface area (Å²) in [5, 5.41) is -0.441. The summed E-state index contributed by atoms with van der Waals surface area (Å²) in [4.78, 5) is 8.84. The van der Waals surface area contributed by atoms with Crippen LogP contribution >= 0.6 is 0 Å². The van der Waals surface area contributed by atoms with Crippen molar-refractivity contribution in [3.05, 3.63) is 36.2 Å². The van der Waals surface area contributed by atoms with Gasteiger partial charge in [0, 0.05) is 24.9 Å². The highest BCUT2D eigenvalue weighted by molar-refractivity contribution is 7.92. The van der Waals surface area contributed by atoms with Gasteiger partial charge >= 0.3 is 0 Å². The van der Waals surface area contributed by atoms with E-state index in [1.165, 1.54) is 6.33 Å². The predicted molar refractivity (Wildman–Crippen MR) is 128 cm³/mol. The van der Waals surface area contributed by atoms with Gasteiger partial charge in [0.15, 0.2) is 9.84 Å². The molecule has 4 aliphatic rings. The third kappa shape index (κ3) is 4.31. The number of hydrogen-bond acceptors (Lipinski definition) is 8. The maximum absolute atomic E-state index is 12.9. The van der Waals surface area contributed by atoms with E-state index >= 15 is 0 Å². The maximum atomic E-state index is 12.9. The molecule has 11 heteroatoms. The minimum Gasteiger partial charge on any atom is -0.474 e. The first-order valence-electron chi connectivity index (χ1n) is 12.3. The summed E-state index contributed by atoms with van der Waals surface area (Å²) in [6.07, 6.45) is 7.32. The van der Waals surface area contributed by atoms with E-state index in [9.17, 15) is 16.8 Å². The number of fused-ring (bicyclic) bond motifs is 2. The van der Waals surface area contributed by atoms with Gasteiger partial charge in [-0.3, -0.25) is 0 Å². The van der Waals surface area contributed by atoms with Crippen LogP contribution in [-0.2, 0) is 19.9 Å². The molecule has 35 heavy (non-hydrogen) atoms. The molecule has 3 atom stereocenters. The minimum absolute atomic E-state index is 0.00681. The van der Waals surface area contributed by atoms with E-state index in [-0.39, 0.29) is 28.7 Å². The number of sulfonamides is 1. The lowest BCUT2D eigenvalue weighted by atomic mass is 10.0. The lowest BCUT2D eigenvalue weighted by Crippen LogP contribution is -2.50. The number of rotatable bonds is 8. The molecule has 188 valence electrons. The molecule has 0 spiro atoms. The summed E-state index contributed by atoms with van der Waals surface area (Å²) >= 11 is 0. The average molecular weight is 520 g/mol. The monoisotopic (exact) mass is 519 g/mol. The second kappa shape index (κ2) is 8.41. The van der Waals surface area contributed by atoms with Gasteiger partial charge in [-0.2, -0.15) is 4.31 Å². The van der Waals surface area contributed by atoms with Gasteiger partial charge in [-0.25, -0.2) is 26.8 Å². The zero-order valence-electron chi connectivity index (χ0n) is 19.5. The average Bonchev–Trinajstić information content (AvgIpc) is 3.73. The van der Waals surface area contributed by atoms with Crippen molar-refractivity contribution in [3.8, 4) is 17.5 Å². The summed E-state index contributed by atoms with van der Waals surface area (Å²) in [5.74, 6) is 1.24. The van der Waals surface area contributed by atoms with Crippen LogP contribution in [0.3, 0.4) is 0 Å². The topological polar surface area (TPSA) is 116 Å². The van der Waals surface area contributed by atoms with Gasteiger partial charge < -0.3 is 9.47 Å². The number of hydrogen-bond donors (Lipinski definition) is 0. The predicted octanol–water partition coefficient (Wildman–Crippen LogP) is 3.38. The van der Waals surface area contributed by atoms with E-state index in [1.807, 2.05) is 6.92 Å². The van der Waals surface area contributed by atoms with Gasteiger partial charge in [0.2, 0.25) is 21.8 Å². The molecule has 2 saturated heterocycles. The summed E-state index contributed by atoms with van der Waals surface area (Å²) < 4.78 is 64.5. The van der Waals surface area contributed by atoms with Gasteiger partial charge in [-0.15, -0.1) is 0 Å². The molecule has 0 amide bonds. The fourth-order valence-corrected chi connectivity index (χ4v) is 9.26. The van der Waals surface area contributed by atoms with Crippen LogP contribution in [0, 0.1) is 6.92 Å². The normalized spacial score (nSPS) is 27.1. The molecule has 1 aromatic heterocycles. The molecular formula is C24H29N3O6S2. The largest absolute Gasteiger partial charge is 0.474 e. The number of piperidine rings is 1. The molecule has 2 saturated carbocycles. The lowest BCUT2D eigenvalue weighted by Gasteiger charge is -2.37. The molecule has 2 aliphatic heterocycles. The SMILES string of the molecule is Cc1c(Oc2ccc(S(=O)(=O)C3CC3)cc2)ncnc1OC1CC2CC[C@@H](C1)N2S(=O)(=O)C1CC1. The number of nitrogens with zero attached hydrogens (tertiary/aromatic N) is 3. The van der Waals surface area contributed by atoms with Crippen molar-refractivity contribution in [3.63, 3.8) is 0 Å². The van der Waals surface area contributed by atoms with E-state index < -0.39 is 19.9 Å². The summed E-state index contributed by atoms with van der Waals surface area (Å²) in [5.41, 5.74) is 0.641. The van der Waals surface area contributed by atoms with Crippen molar-refractivity contribution >= 4 is 19.9 Å². The van der Waals surface area contributed by atoms with Crippen molar-refractivity contribution in [1.29, 1.82) is 0 Å². The van der Waals surface area contributed by atoms with Crippen LogP contribution in [0.2, 0.25) is 0 Å². The Labute approximate surface area is 205 Å². The van der Waals surface area contributed by atoms with Crippen LogP contribution < -0.4 is 9.47 Å². The van der Waals surface area contributed by atoms with Crippen LogP contribution in [0.5, 0.6) is 17.5 Å². The summed E-state index contributed by atoms with van der Waals surface area (Å²) in [6, 6.07) is 6.38. The standard InChI is InChI=1S/C24H29N3O6S2/c1-15-23(32-18-4-6-20(7-5-18)34(28,29)21-8-9-21)25-14-26-24(15)33-19-12-16-2-3-17(13-19)27(16)35(30,31)22-10-11-22/h4-7,14,16-17,19,21-22H,2-3,8-13H2,1H3/t16-,17?,19?/m0/s1. The van der Waals surface area contributed by atoms with Gasteiger partial charge in [0.05, 0.1) is 21.0 Å². The van der Waals surface area contributed by atoms with E-state index in [4.69, 9.17) is 9.47 Å².